The molecule has 1 aromatic carbocycles. The molecular weight excluding hydrogens is 204 g/mol. The van der Waals surface area contributed by atoms with Crippen LogP contribution in [-0.4, -0.2) is 26.4 Å². The second-order valence-electron chi connectivity index (χ2n) is 3.27. The number of benzene rings is 1. The van der Waals surface area contributed by atoms with Gasteiger partial charge in [0.05, 0.1) is 13.2 Å². The first-order valence-electron chi connectivity index (χ1n) is 5.72. The van der Waals surface area contributed by atoms with Gasteiger partial charge in [0, 0.05) is 6.61 Å². The minimum absolute atomic E-state index is 0.542. The van der Waals surface area contributed by atoms with Gasteiger partial charge in [-0.1, -0.05) is 13.0 Å². The Bertz CT molecular complexity index is 286. The standard InChI is InChI=1S/C13H19O3/c1-3-9-15-12-7-5-6-8-13(12)16-11-10-14-4-2/h6-8H,3-4,9-11H2,1-2H3. The lowest BCUT2D eigenvalue weighted by Crippen LogP contribution is -2.07. The predicted molar refractivity (Wildman–Crippen MR) is 63.1 cm³/mol. The summed E-state index contributed by atoms with van der Waals surface area (Å²) >= 11 is 0. The van der Waals surface area contributed by atoms with E-state index in [2.05, 4.69) is 13.0 Å². The molecule has 0 unspecified atom stereocenters. The predicted octanol–water partition coefficient (Wildman–Crippen LogP) is 2.69. The molecule has 0 aliphatic carbocycles. The van der Waals surface area contributed by atoms with Crippen LogP contribution >= 0.6 is 0 Å². The molecule has 0 saturated carbocycles. The van der Waals surface area contributed by atoms with E-state index in [1.807, 2.05) is 19.1 Å². The Morgan fingerprint density at radius 3 is 2.62 bits per heavy atom. The lowest BCUT2D eigenvalue weighted by molar-refractivity contribution is 0.108. The molecule has 3 heteroatoms. The van der Waals surface area contributed by atoms with Gasteiger partial charge in [-0.05, 0) is 31.5 Å². The second kappa shape index (κ2) is 7.99. The van der Waals surface area contributed by atoms with E-state index in [1.54, 1.807) is 6.07 Å². The van der Waals surface area contributed by atoms with Crippen LogP contribution in [0.1, 0.15) is 20.3 Å². The van der Waals surface area contributed by atoms with Gasteiger partial charge >= 0.3 is 0 Å². The van der Waals surface area contributed by atoms with Crippen molar-refractivity contribution in [1.29, 1.82) is 0 Å². The Morgan fingerprint density at radius 2 is 1.88 bits per heavy atom. The quantitative estimate of drug-likeness (QED) is 0.634. The fourth-order valence-corrected chi connectivity index (χ4v) is 1.20. The van der Waals surface area contributed by atoms with Crippen molar-refractivity contribution in [3.05, 3.63) is 24.3 Å². The van der Waals surface area contributed by atoms with Gasteiger partial charge < -0.3 is 14.2 Å². The normalized spacial score (nSPS) is 10.1. The smallest absolute Gasteiger partial charge is 0.161 e. The molecular formula is C13H19O3. The van der Waals surface area contributed by atoms with Gasteiger partial charge in [-0.2, -0.15) is 0 Å². The molecule has 0 spiro atoms. The lowest BCUT2D eigenvalue weighted by Gasteiger charge is -2.11. The van der Waals surface area contributed by atoms with E-state index >= 15 is 0 Å². The molecule has 0 saturated heterocycles. The molecule has 0 aliphatic heterocycles. The maximum atomic E-state index is 5.57. The lowest BCUT2D eigenvalue weighted by atomic mass is 10.3. The molecule has 89 valence electrons. The second-order valence-corrected chi connectivity index (χ2v) is 3.27. The minimum atomic E-state index is 0.542. The van der Waals surface area contributed by atoms with E-state index < -0.39 is 0 Å². The van der Waals surface area contributed by atoms with E-state index in [1.165, 1.54) is 0 Å². The topological polar surface area (TPSA) is 27.7 Å². The third-order valence-corrected chi connectivity index (χ3v) is 1.94. The third-order valence-electron chi connectivity index (χ3n) is 1.94. The zero-order chi connectivity index (χ0) is 11.6. The Kier molecular flexibility index (Phi) is 6.42. The Morgan fingerprint density at radius 1 is 1.06 bits per heavy atom. The monoisotopic (exact) mass is 223 g/mol. The van der Waals surface area contributed by atoms with Crippen molar-refractivity contribution in [1.82, 2.24) is 0 Å². The van der Waals surface area contributed by atoms with Crippen LogP contribution in [-0.2, 0) is 4.74 Å². The molecule has 16 heavy (non-hydrogen) atoms. The van der Waals surface area contributed by atoms with E-state index in [0.29, 0.717) is 26.4 Å². The molecule has 0 atom stereocenters. The highest BCUT2D eigenvalue weighted by molar-refractivity contribution is 5.38. The van der Waals surface area contributed by atoms with Crippen molar-refractivity contribution in [3.8, 4) is 11.5 Å². The highest BCUT2D eigenvalue weighted by Gasteiger charge is 2.03. The van der Waals surface area contributed by atoms with Crippen LogP contribution in [0, 0.1) is 6.07 Å². The molecule has 0 fully saturated rings. The summed E-state index contributed by atoms with van der Waals surface area (Å²) in [5.41, 5.74) is 0. The minimum Gasteiger partial charge on any atom is -0.490 e. The Hall–Kier alpha value is -1.22. The molecule has 3 nitrogen and oxygen atoms in total. The van der Waals surface area contributed by atoms with Gasteiger partial charge in [-0.25, -0.2) is 0 Å². The fourth-order valence-electron chi connectivity index (χ4n) is 1.20. The molecule has 0 N–H and O–H groups in total. The van der Waals surface area contributed by atoms with Crippen LogP contribution in [0.4, 0.5) is 0 Å². The maximum absolute atomic E-state index is 5.57. The van der Waals surface area contributed by atoms with Crippen molar-refractivity contribution < 1.29 is 14.2 Å². The first-order valence-corrected chi connectivity index (χ1v) is 5.72. The van der Waals surface area contributed by atoms with Crippen LogP contribution in [0.5, 0.6) is 11.5 Å². The third kappa shape index (κ3) is 4.53. The highest BCUT2D eigenvalue weighted by Crippen LogP contribution is 2.26. The molecule has 1 aromatic rings. The van der Waals surface area contributed by atoms with Crippen molar-refractivity contribution >= 4 is 0 Å². The fraction of sp³-hybridized carbons (Fsp3) is 0.538. The Balaban J connectivity index is 2.43. The van der Waals surface area contributed by atoms with Crippen LogP contribution in [0.2, 0.25) is 0 Å². The summed E-state index contributed by atoms with van der Waals surface area (Å²) < 4.78 is 16.3. The van der Waals surface area contributed by atoms with Gasteiger partial charge in [0.25, 0.3) is 0 Å². The summed E-state index contributed by atoms with van der Waals surface area (Å²) in [7, 11) is 0. The molecule has 0 bridgehead atoms. The zero-order valence-corrected chi connectivity index (χ0v) is 9.99. The van der Waals surface area contributed by atoms with Gasteiger partial charge in [-0.15, -0.1) is 0 Å². The number of hydrogen-bond donors (Lipinski definition) is 0. The van der Waals surface area contributed by atoms with Crippen molar-refractivity contribution in [3.63, 3.8) is 0 Å². The van der Waals surface area contributed by atoms with Crippen LogP contribution in [0.25, 0.3) is 0 Å². The Labute approximate surface area is 97.3 Å². The number of rotatable bonds is 8. The highest BCUT2D eigenvalue weighted by atomic mass is 16.5. The summed E-state index contributed by atoms with van der Waals surface area (Å²) in [5.74, 6) is 1.51. The summed E-state index contributed by atoms with van der Waals surface area (Å²) in [5, 5.41) is 0. The molecule has 1 rings (SSSR count). The largest absolute Gasteiger partial charge is 0.490 e. The van der Waals surface area contributed by atoms with Gasteiger partial charge in [0.15, 0.2) is 11.5 Å². The van der Waals surface area contributed by atoms with Crippen molar-refractivity contribution in [2.45, 2.75) is 20.3 Å². The summed E-state index contributed by atoms with van der Waals surface area (Å²) in [6.45, 7) is 6.59. The first-order chi connectivity index (χ1) is 7.88. The molecule has 1 radical (unpaired) electrons. The van der Waals surface area contributed by atoms with E-state index in [4.69, 9.17) is 14.2 Å². The number of ether oxygens (including phenoxy) is 3. The van der Waals surface area contributed by atoms with Crippen molar-refractivity contribution in [2.75, 3.05) is 26.4 Å². The number of hydrogen-bond acceptors (Lipinski definition) is 3. The SMILES string of the molecule is CCCOc1c[c]ccc1OCCOCC. The van der Waals surface area contributed by atoms with E-state index in [9.17, 15) is 0 Å². The van der Waals surface area contributed by atoms with Gasteiger partial charge in [0.1, 0.15) is 6.61 Å². The summed E-state index contributed by atoms with van der Waals surface area (Å²) in [6.07, 6.45) is 0.979. The molecule has 0 heterocycles. The molecule has 0 aromatic heterocycles. The van der Waals surface area contributed by atoms with E-state index in [-0.39, 0.29) is 0 Å². The van der Waals surface area contributed by atoms with Crippen LogP contribution in [0.15, 0.2) is 18.2 Å². The first kappa shape index (κ1) is 12.8. The average molecular weight is 223 g/mol. The van der Waals surface area contributed by atoms with Crippen LogP contribution < -0.4 is 9.47 Å². The van der Waals surface area contributed by atoms with Gasteiger partial charge in [-0.3, -0.25) is 0 Å². The maximum Gasteiger partial charge on any atom is 0.161 e. The van der Waals surface area contributed by atoms with Crippen molar-refractivity contribution in [2.24, 2.45) is 0 Å². The average Bonchev–Trinajstić information content (AvgIpc) is 2.33. The summed E-state index contributed by atoms with van der Waals surface area (Å²) in [4.78, 5) is 0. The van der Waals surface area contributed by atoms with Gasteiger partial charge in [0.2, 0.25) is 0 Å². The summed E-state index contributed by atoms with van der Waals surface area (Å²) in [6, 6.07) is 8.45. The molecule has 0 aliphatic rings. The molecule has 0 amide bonds. The van der Waals surface area contributed by atoms with Crippen LogP contribution in [0.3, 0.4) is 0 Å². The van der Waals surface area contributed by atoms with E-state index in [0.717, 1.165) is 17.9 Å². The zero-order valence-electron chi connectivity index (χ0n) is 9.99.